The minimum Gasteiger partial charge on any atom is -0.463 e. The molecule has 6 heteroatoms. The van der Waals surface area contributed by atoms with Gasteiger partial charge in [-0.1, -0.05) is 17.7 Å². The minimum absolute atomic E-state index is 0.0238. The van der Waals surface area contributed by atoms with E-state index in [1.54, 1.807) is 24.3 Å². The molecular weight excluding hydrogens is 282 g/mol. The van der Waals surface area contributed by atoms with Gasteiger partial charge in [0.2, 0.25) is 0 Å². The summed E-state index contributed by atoms with van der Waals surface area (Å²) in [4.78, 5) is 30.1. The first-order valence-corrected chi connectivity index (χ1v) is 6.65. The first kappa shape index (κ1) is 13.8. The first-order chi connectivity index (χ1) is 10.6. The number of hydrogen-bond donors (Lipinski definition) is 2. The zero-order chi connectivity index (χ0) is 15.5. The Kier molecular flexibility index (Phi) is 3.57. The van der Waals surface area contributed by atoms with Crippen molar-refractivity contribution in [1.82, 2.24) is 9.97 Å². The van der Waals surface area contributed by atoms with Crippen LogP contribution in [0.15, 0.2) is 57.9 Å². The number of furan rings is 1. The van der Waals surface area contributed by atoms with Gasteiger partial charge in [0.1, 0.15) is 11.5 Å². The minimum atomic E-state index is -0.608. The van der Waals surface area contributed by atoms with Crippen molar-refractivity contribution in [1.29, 1.82) is 0 Å². The van der Waals surface area contributed by atoms with Gasteiger partial charge in [-0.25, -0.2) is 4.79 Å². The summed E-state index contributed by atoms with van der Waals surface area (Å²) in [7, 11) is 0. The van der Waals surface area contributed by atoms with Crippen molar-refractivity contribution in [3.63, 3.8) is 0 Å². The maximum absolute atomic E-state index is 12.2. The normalized spacial score (nSPS) is 10.4. The standard InChI is InChI=1S/C16H13N3O3/c1-10-4-6-11(7-5-10)17-15(20)13-9-12(18-16(21)19-13)14-3-2-8-22-14/h2-9H,1H3,(H,17,20)(H,18,19,21). The Morgan fingerprint density at radius 2 is 2.00 bits per heavy atom. The molecule has 0 aliphatic carbocycles. The largest absolute Gasteiger partial charge is 0.463 e. The second-order valence-electron chi connectivity index (χ2n) is 4.78. The molecule has 1 aromatic carbocycles. The Bertz CT molecular complexity index is 849. The van der Waals surface area contributed by atoms with Crippen LogP contribution in [-0.4, -0.2) is 15.9 Å². The van der Waals surface area contributed by atoms with Crippen LogP contribution in [0.1, 0.15) is 16.1 Å². The second-order valence-corrected chi connectivity index (χ2v) is 4.78. The number of aryl methyl sites for hydroxylation is 1. The summed E-state index contributed by atoms with van der Waals surface area (Å²) in [6, 6.07) is 12.2. The van der Waals surface area contributed by atoms with Crippen molar-refractivity contribution >= 4 is 11.6 Å². The van der Waals surface area contributed by atoms with E-state index in [1.165, 1.54) is 12.3 Å². The Morgan fingerprint density at radius 1 is 1.23 bits per heavy atom. The highest BCUT2D eigenvalue weighted by Gasteiger charge is 2.12. The number of H-pyrrole nitrogens is 1. The lowest BCUT2D eigenvalue weighted by Crippen LogP contribution is -2.21. The highest BCUT2D eigenvalue weighted by atomic mass is 16.3. The van der Waals surface area contributed by atoms with Gasteiger partial charge in [0.15, 0.2) is 0 Å². The molecule has 2 aromatic heterocycles. The van der Waals surface area contributed by atoms with E-state index in [-0.39, 0.29) is 5.69 Å². The lowest BCUT2D eigenvalue weighted by Gasteiger charge is -2.05. The van der Waals surface area contributed by atoms with Gasteiger partial charge in [0.05, 0.1) is 12.0 Å². The zero-order valence-electron chi connectivity index (χ0n) is 11.8. The molecule has 3 rings (SSSR count). The molecule has 22 heavy (non-hydrogen) atoms. The lowest BCUT2D eigenvalue weighted by atomic mass is 10.2. The fourth-order valence-electron chi connectivity index (χ4n) is 1.97. The summed E-state index contributed by atoms with van der Waals surface area (Å²) in [5, 5.41) is 2.70. The van der Waals surface area contributed by atoms with Gasteiger partial charge in [-0.3, -0.25) is 4.79 Å². The maximum Gasteiger partial charge on any atom is 0.346 e. The first-order valence-electron chi connectivity index (χ1n) is 6.65. The molecule has 0 atom stereocenters. The smallest absolute Gasteiger partial charge is 0.346 e. The van der Waals surface area contributed by atoms with E-state index in [0.29, 0.717) is 17.1 Å². The van der Waals surface area contributed by atoms with Crippen LogP contribution >= 0.6 is 0 Å². The van der Waals surface area contributed by atoms with Crippen LogP contribution < -0.4 is 11.0 Å². The van der Waals surface area contributed by atoms with Crippen LogP contribution in [0.2, 0.25) is 0 Å². The van der Waals surface area contributed by atoms with Crippen LogP contribution in [0.4, 0.5) is 5.69 Å². The quantitative estimate of drug-likeness (QED) is 0.777. The molecule has 0 aliphatic rings. The van der Waals surface area contributed by atoms with Gasteiger partial charge in [-0.2, -0.15) is 4.98 Å². The lowest BCUT2D eigenvalue weighted by molar-refractivity contribution is 0.102. The van der Waals surface area contributed by atoms with Crippen LogP contribution in [0, 0.1) is 6.92 Å². The molecule has 0 aliphatic heterocycles. The molecule has 3 aromatic rings. The maximum atomic E-state index is 12.2. The predicted octanol–water partition coefficient (Wildman–Crippen LogP) is 2.59. The van der Waals surface area contributed by atoms with Gasteiger partial charge in [-0.15, -0.1) is 0 Å². The number of nitrogens with zero attached hydrogens (tertiary/aromatic N) is 1. The number of aromatic amines is 1. The Morgan fingerprint density at radius 3 is 2.68 bits per heavy atom. The van der Waals surface area contributed by atoms with Crippen molar-refractivity contribution in [3.05, 3.63) is 70.5 Å². The topological polar surface area (TPSA) is 88.0 Å². The average Bonchev–Trinajstić information content (AvgIpc) is 3.03. The number of hydrogen-bond acceptors (Lipinski definition) is 4. The molecule has 0 spiro atoms. The third kappa shape index (κ3) is 2.95. The summed E-state index contributed by atoms with van der Waals surface area (Å²) in [5.41, 5.74) is 1.54. The number of aromatic nitrogens is 2. The number of carbonyl (C=O) groups is 1. The molecule has 0 fully saturated rings. The third-order valence-electron chi connectivity index (χ3n) is 3.07. The highest BCUT2D eigenvalue weighted by Crippen LogP contribution is 2.17. The molecule has 1 amide bonds. The van der Waals surface area contributed by atoms with Crippen LogP contribution in [-0.2, 0) is 0 Å². The molecule has 0 saturated heterocycles. The van der Waals surface area contributed by atoms with Gasteiger partial charge in [0.25, 0.3) is 5.91 Å². The molecule has 0 unspecified atom stereocenters. The number of rotatable bonds is 3. The summed E-state index contributed by atoms with van der Waals surface area (Å²) in [5.74, 6) is 0.00615. The van der Waals surface area contributed by atoms with Crippen molar-refractivity contribution in [2.75, 3.05) is 5.32 Å². The fourth-order valence-corrected chi connectivity index (χ4v) is 1.97. The molecule has 0 bridgehead atoms. The summed E-state index contributed by atoms with van der Waals surface area (Å²) >= 11 is 0. The van der Waals surface area contributed by atoms with E-state index in [0.717, 1.165) is 5.56 Å². The summed E-state index contributed by atoms with van der Waals surface area (Å²) in [6.45, 7) is 1.96. The van der Waals surface area contributed by atoms with Gasteiger partial charge >= 0.3 is 5.69 Å². The zero-order valence-corrected chi connectivity index (χ0v) is 11.8. The van der Waals surface area contributed by atoms with Crippen LogP contribution in [0.5, 0.6) is 0 Å². The third-order valence-corrected chi connectivity index (χ3v) is 3.07. The number of nitrogens with one attached hydrogen (secondary N) is 2. The molecule has 0 saturated carbocycles. The van der Waals surface area contributed by atoms with E-state index in [9.17, 15) is 9.59 Å². The monoisotopic (exact) mass is 295 g/mol. The number of amides is 1. The summed E-state index contributed by atoms with van der Waals surface area (Å²) < 4.78 is 5.21. The molecule has 110 valence electrons. The van der Waals surface area contributed by atoms with E-state index < -0.39 is 11.6 Å². The van der Waals surface area contributed by atoms with Gasteiger partial charge in [0, 0.05) is 5.69 Å². The van der Waals surface area contributed by atoms with Gasteiger partial charge < -0.3 is 14.7 Å². The Labute approximate surface area is 125 Å². The predicted molar refractivity (Wildman–Crippen MR) is 81.7 cm³/mol. The molecule has 2 heterocycles. The SMILES string of the molecule is Cc1ccc(NC(=O)c2cc(-c3ccco3)[nH]c(=O)n2)cc1. The van der Waals surface area contributed by atoms with Crippen LogP contribution in [0.25, 0.3) is 11.5 Å². The second kappa shape index (κ2) is 5.69. The number of carbonyl (C=O) groups excluding carboxylic acids is 1. The molecular formula is C16H13N3O3. The van der Waals surface area contributed by atoms with E-state index in [1.807, 2.05) is 19.1 Å². The van der Waals surface area contributed by atoms with Crippen molar-refractivity contribution in [2.24, 2.45) is 0 Å². The van der Waals surface area contributed by atoms with E-state index >= 15 is 0 Å². The molecule has 2 N–H and O–H groups in total. The van der Waals surface area contributed by atoms with Crippen molar-refractivity contribution in [3.8, 4) is 11.5 Å². The fraction of sp³-hybridized carbons (Fsp3) is 0.0625. The van der Waals surface area contributed by atoms with E-state index in [2.05, 4.69) is 15.3 Å². The average molecular weight is 295 g/mol. The highest BCUT2D eigenvalue weighted by molar-refractivity contribution is 6.03. The van der Waals surface area contributed by atoms with E-state index in [4.69, 9.17) is 4.42 Å². The number of anilines is 1. The van der Waals surface area contributed by atoms with Crippen molar-refractivity contribution < 1.29 is 9.21 Å². The molecule has 6 nitrogen and oxygen atoms in total. The summed E-state index contributed by atoms with van der Waals surface area (Å²) in [6.07, 6.45) is 1.49. The van der Waals surface area contributed by atoms with Crippen LogP contribution in [0.3, 0.4) is 0 Å². The van der Waals surface area contributed by atoms with Gasteiger partial charge in [-0.05, 0) is 37.3 Å². The number of benzene rings is 1. The Hall–Kier alpha value is -3.15. The van der Waals surface area contributed by atoms with Crippen molar-refractivity contribution in [2.45, 2.75) is 6.92 Å². The molecule has 0 radical (unpaired) electrons. The Balaban J connectivity index is 1.89.